The van der Waals surface area contributed by atoms with Crippen molar-refractivity contribution in [3.63, 3.8) is 0 Å². The van der Waals surface area contributed by atoms with Gasteiger partial charge in [0.15, 0.2) is 5.65 Å². The fraction of sp³-hybridized carbons (Fsp3) is 0.421. The summed E-state index contributed by atoms with van der Waals surface area (Å²) < 4.78 is 2.06. The number of imidazole rings is 1. The van der Waals surface area contributed by atoms with E-state index in [9.17, 15) is 0 Å². The average molecular weight is 323 g/mol. The molecule has 0 atom stereocenters. The number of nitrogens with one attached hydrogen (secondary N) is 1. The molecule has 0 saturated heterocycles. The van der Waals surface area contributed by atoms with Gasteiger partial charge in [0.2, 0.25) is 0 Å². The minimum atomic E-state index is -0.0702. The van der Waals surface area contributed by atoms with Crippen LogP contribution in [-0.2, 0) is 0 Å². The summed E-state index contributed by atoms with van der Waals surface area (Å²) in [5.74, 6) is 0.993. The van der Waals surface area contributed by atoms with Crippen LogP contribution in [0.25, 0.3) is 16.9 Å². The van der Waals surface area contributed by atoms with E-state index < -0.39 is 0 Å². The van der Waals surface area contributed by atoms with E-state index in [4.69, 9.17) is 4.98 Å². The summed E-state index contributed by atoms with van der Waals surface area (Å²) in [6.45, 7) is 11.3. The molecule has 0 aliphatic carbocycles. The molecule has 0 aliphatic heterocycles. The highest BCUT2D eigenvalue weighted by atomic mass is 15.2. The molecule has 5 nitrogen and oxygen atoms in total. The fourth-order valence-corrected chi connectivity index (χ4v) is 3.43. The Morgan fingerprint density at radius 3 is 2.38 bits per heavy atom. The Labute approximate surface area is 143 Å². The molecule has 3 heterocycles. The first-order valence-electron chi connectivity index (χ1n) is 8.26. The number of nitrogens with zero attached hydrogens (tertiary/aromatic N) is 4. The highest BCUT2D eigenvalue weighted by Crippen LogP contribution is 2.34. The minimum absolute atomic E-state index is 0.0702. The molecule has 3 aromatic rings. The van der Waals surface area contributed by atoms with Crippen molar-refractivity contribution in [2.75, 3.05) is 5.32 Å². The van der Waals surface area contributed by atoms with Crippen LogP contribution in [0.3, 0.4) is 0 Å². The van der Waals surface area contributed by atoms with Crippen molar-refractivity contribution in [3.8, 4) is 11.3 Å². The van der Waals surface area contributed by atoms with Crippen molar-refractivity contribution in [1.82, 2.24) is 19.4 Å². The maximum atomic E-state index is 4.77. The summed E-state index contributed by atoms with van der Waals surface area (Å²) in [5.41, 5.74) is 2.96. The smallest absolute Gasteiger partial charge is 0.157 e. The molecular formula is C19H25N5. The second kappa shape index (κ2) is 5.89. The summed E-state index contributed by atoms with van der Waals surface area (Å²) in [4.78, 5) is 13.1. The van der Waals surface area contributed by atoms with E-state index in [2.05, 4.69) is 54.3 Å². The molecule has 0 fully saturated rings. The van der Waals surface area contributed by atoms with E-state index >= 15 is 0 Å². The number of hydrogen-bond donors (Lipinski definition) is 1. The quantitative estimate of drug-likeness (QED) is 0.772. The molecule has 0 radical (unpaired) electrons. The summed E-state index contributed by atoms with van der Waals surface area (Å²) in [5, 5.41) is 3.72. The summed E-state index contributed by atoms with van der Waals surface area (Å²) in [6, 6.07) is 3.97. The molecule has 0 unspecified atom stereocenters. The second-order valence-electron chi connectivity index (χ2n) is 8.10. The van der Waals surface area contributed by atoms with Gasteiger partial charge in [0.25, 0.3) is 0 Å². The molecular weight excluding hydrogens is 298 g/mol. The van der Waals surface area contributed by atoms with Gasteiger partial charge >= 0.3 is 0 Å². The van der Waals surface area contributed by atoms with Gasteiger partial charge < -0.3 is 5.32 Å². The van der Waals surface area contributed by atoms with Crippen LogP contribution < -0.4 is 5.32 Å². The van der Waals surface area contributed by atoms with Crippen LogP contribution in [0, 0.1) is 5.41 Å². The highest BCUT2D eigenvalue weighted by Gasteiger charge is 2.28. The van der Waals surface area contributed by atoms with Gasteiger partial charge in [0, 0.05) is 35.9 Å². The molecule has 24 heavy (non-hydrogen) atoms. The zero-order chi connectivity index (χ0) is 17.4. The normalized spacial score (nSPS) is 12.5. The first-order valence-corrected chi connectivity index (χ1v) is 8.26. The van der Waals surface area contributed by atoms with Gasteiger partial charge in [-0.25, -0.2) is 4.98 Å². The third-order valence-corrected chi connectivity index (χ3v) is 3.81. The number of fused-ring (bicyclic) bond motifs is 1. The lowest BCUT2D eigenvalue weighted by atomic mass is 9.82. The molecule has 1 N–H and O–H groups in total. The van der Waals surface area contributed by atoms with Crippen LogP contribution in [0.5, 0.6) is 0 Å². The van der Waals surface area contributed by atoms with E-state index in [1.165, 1.54) is 0 Å². The van der Waals surface area contributed by atoms with Crippen LogP contribution in [0.15, 0.2) is 43.1 Å². The van der Waals surface area contributed by atoms with Gasteiger partial charge in [0.1, 0.15) is 11.5 Å². The SMILES string of the molecule is CC(C)(C)CC(C)(C)Nc1c(-c2ccncc2)nc2cnccn12. The maximum absolute atomic E-state index is 4.77. The van der Waals surface area contributed by atoms with Crippen LogP contribution in [0.1, 0.15) is 41.0 Å². The average Bonchev–Trinajstić information content (AvgIpc) is 2.84. The minimum Gasteiger partial charge on any atom is -0.364 e. The summed E-state index contributed by atoms with van der Waals surface area (Å²) >= 11 is 0. The van der Waals surface area contributed by atoms with Gasteiger partial charge in [-0.1, -0.05) is 20.8 Å². The van der Waals surface area contributed by atoms with Crippen molar-refractivity contribution < 1.29 is 0 Å². The molecule has 0 bridgehead atoms. The van der Waals surface area contributed by atoms with E-state index in [0.29, 0.717) is 0 Å². The number of aromatic nitrogens is 4. The Balaban J connectivity index is 2.09. The van der Waals surface area contributed by atoms with E-state index in [0.717, 1.165) is 29.1 Å². The van der Waals surface area contributed by atoms with Crippen molar-refractivity contribution in [2.24, 2.45) is 5.41 Å². The van der Waals surface area contributed by atoms with Crippen LogP contribution >= 0.6 is 0 Å². The molecule has 3 rings (SSSR count). The monoisotopic (exact) mass is 323 g/mol. The third kappa shape index (κ3) is 3.55. The lowest BCUT2D eigenvalue weighted by molar-refractivity contribution is 0.302. The standard InChI is InChI=1S/C19H25N5/c1-18(2,3)13-19(4,5)23-17-16(14-6-8-20-9-7-14)22-15-12-21-10-11-24(15)17/h6-12,23H,13H2,1-5H3. The van der Waals surface area contributed by atoms with E-state index in [1.54, 1.807) is 24.8 Å². The van der Waals surface area contributed by atoms with Gasteiger partial charge in [-0.15, -0.1) is 0 Å². The first kappa shape index (κ1) is 16.4. The van der Waals surface area contributed by atoms with Gasteiger partial charge in [-0.05, 0) is 37.8 Å². The largest absolute Gasteiger partial charge is 0.364 e. The van der Waals surface area contributed by atoms with Gasteiger partial charge in [-0.3, -0.25) is 14.4 Å². The van der Waals surface area contributed by atoms with Crippen molar-refractivity contribution in [2.45, 2.75) is 46.6 Å². The molecule has 0 spiro atoms. The fourth-order valence-electron chi connectivity index (χ4n) is 3.43. The molecule has 5 heteroatoms. The van der Waals surface area contributed by atoms with Gasteiger partial charge in [-0.2, -0.15) is 0 Å². The lowest BCUT2D eigenvalue weighted by Crippen LogP contribution is -2.36. The number of pyridine rings is 1. The zero-order valence-corrected chi connectivity index (χ0v) is 15.0. The van der Waals surface area contributed by atoms with E-state index in [-0.39, 0.29) is 11.0 Å². The van der Waals surface area contributed by atoms with Crippen molar-refractivity contribution >= 4 is 11.5 Å². The molecule has 0 aliphatic rings. The molecule has 3 aromatic heterocycles. The number of hydrogen-bond acceptors (Lipinski definition) is 4. The van der Waals surface area contributed by atoms with E-state index in [1.807, 2.05) is 18.3 Å². The second-order valence-corrected chi connectivity index (χ2v) is 8.10. The summed E-state index contributed by atoms with van der Waals surface area (Å²) in [6.07, 6.45) is 10.1. The Hall–Kier alpha value is -2.43. The van der Waals surface area contributed by atoms with Crippen molar-refractivity contribution in [1.29, 1.82) is 0 Å². The topological polar surface area (TPSA) is 55.1 Å². The zero-order valence-electron chi connectivity index (χ0n) is 15.0. The Kier molecular flexibility index (Phi) is 4.03. The van der Waals surface area contributed by atoms with Crippen LogP contribution in [0.2, 0.25) is 0 Å². The molecule has 126 valence electrons. The Morgan fingerprint density at radius 2 is 1.71 bits per heavy atom. The van der Waals surface area contributed by atoms with Crippen LogP contribution in [-0.4, -0.2) is 24.9 Å². The number of rotatable bonds is 4. The highest BCUT2D eigenvalue weighted by molar-refractivity contribution is 5.76. The molecule has 0 amide bonds. The molecule has 0 saturated carbocycles. The Bertz CT molecular complexity index is 828. The lowest BCUT2D eigenvalue weighted by Gasteiger charge is -2.34. The van der Waals surface area contributed by atoms with Crippen LogP contribution in [0.4, 0.5) is 5.82 Å². The predicted octanol–water partition coefficient (Wildman–Crippen LogP) is 4.42. The van der Waals surface area contributed by atoms with Gasteiger partial charge in [0.05, 0.1) is 6.20 Å². The molecule has 0 aromatic carbocycles. The first-order chi connectivity index (χ1) is 11.3. The number of anilines is 1. The maximum Gasteiger partial charge on any atom is 0.157 e. The predicted molar refractivity (Wildman–Crippen MR) is 98.0 cm³/mol. The Morgan fingerprint density at radius 1 is 1.00 bits per heavy atom. The summed E-state index contributed by atoms with van der Waals surface area (Å²) in [7, 11) is 0. The third-order valence-electron chi connectivity index (χ3n) is 3.81. The van der Waals surface area contributed by atoms with Crippen molar-refractivity contribution in [3.05, 3.63) is 43.1 Å².